The van der Waals surface area contributed by atoms with E-state index in [1.165, 1.54) is 69.8 Å². The van der Waals surface area contributed by atoms with E-state index in [0.717, 1.165) is 51.4 Å². The third kappa shape index (κ3) is 8.53. The number of carbonyl (C=O) groups excluding carboxylic acids is 1. The summed E-state index contributed by atoms with van der Waals surface area (Å²) in [5.41, 5.74) is 1.32. The molecule has 0 radical (unpaired) electrons. The molecule has 3 N–H and O–H groups in total. The fourth-order valence-corrected chi connectivity index (χ4v) is 10.8. The van der Waals surface area contributed by atoms with Crippen molar-refractivity contribution in [3.05, 3.63) is 11.6 Å². The van der Waals surface area contributed by atoms with Gasteiger partial charge in [0, 0.05) is 5.41 Å². The van der Waals surface area contributed by atoms with E-state index in [4.69, 9.17) is 4.74 Å². The maximum absolute atomic E-state index is 13.6. The van der Waals surface area contributed by atoms with Crippen LogP contribution in [-0.4, -0.2) is 40.5 Å². The van der Waals surface area contributed by atoms with Gasteiger partial charge < -0.3 is 20.3 Å². The zero-order valence-electron chi connectivity index (χ0n) is 30.3. The Morgan fingerprint density at radius 1 is 0.935 bits per heavy atom. The summed E-state index contributed by atoms with van der Waals surface area (Å²) in [6.45, 7) is 14.1. The average molecular weight is 644 g/mol. The molecule has 0 aromatic carbocycles. The summed E-state index contributed by atoms with van der Waals surface area (Å²) in [4.78, 5) is 25.9. The summed E-state index contributed by atoms with van der Waals surface area (Å²) < 4.78 is 6.51. The molecule has 0 aliphatic heterocycles. The Kier molecular flexibility index (Phi) is 13.5. The van der Waals surface area contributed by atoms with Crippen molar-refractivity contribution in [3.8, 4) is 0 Å². The predicted molar refractivity (Wildman–Crippen MR) is 186 cm³/mol. The van der Waals surface area contributed by atoms with Crippen LogP contribution in [0.3, 0.4) is 0 Å². The van der Waals surface area contributed by atoms with Crippen molar-refractivity contribution in [1.82, 2.24) is 5.32 Å². The van der Waals surface area contributed by atoms with Gasteiger partial charge in [-0.25, -0.2) is 9.59 Å². The third-order valence-electron chi connectivity index (χ3n) is 13.5. The summed E-state index contributed by atoms with van der Waals surface area (Å²) in [6.07, 6.45) is 21.6. The van der Waals surface area contributed by atoms with Gasteiger partial charge in [-0.2, -0.15) is 0 Å². The molecule has 4 rings (SSSR count). The lowest BCUT2D eigenvalue weighted by atomic mass is 9.46. The smallest absolute Gasteiger partial charge is 0.408 e. The van der Waals surface area contributed by atoms with E-state index in [0.29, 0.717) is 41.9 Å². The topological polar surface area (TPSA) is 95.9 Å². The number of unbranched alkanes of at least 4 members (excludes halogenated alkanes) is 7. The van der Waals surface area contributed by atoms with Crippen LogP contribution < -0.4 is 5.32 Å². The maximum Gasteiger partial charge on any atom is 0.408 e. The number of alkyl carbamates (subject to hydrolysis) is 1. The van der Waals surface area contributed by atoms with Gasteiger partial charge in [-0.3, -0.25) is 0 Å². The molecule has 46 heavy (non-hydrogen) atoms. The van der Waals surface area contributed by atoms with Gasteiger partial charge in [-0.05, 0) is 92.3 Å². The van der Waals surface area contributed by atoms with Gasteiger partial charge in [0.15, 0.2) is 0 Å². The van der Waals surface area contributed by atoms with E-state index in [9.17, 15) is 19.8 Å². The average Bonchev–Trinajstić information content (AvgIpc) is 3.36. The lowest BCUT2D eigenvalue weighted by Crippen LogP contribution is -2.58. The van der Waals surface area contributed by atoms with E-state index < -0.39 is 18.1 Å². The molecule has 0 heterocycles. The lowest BCUT2D eigenvalue weighted by Gasteiger charge is -2.60. The molecular weight excluding hydrogens is 574 g/mol. The summed E-state index contributed by atoms with van der Waals surface area (Å²) in [5, 5.41) is 23.3. The highest BCUT2D eigenvalue weighted by molar-refractivity contribution is 5.79. The highest BCUT2D eigenvalue weighted by atomic mass is 16.6. The molecule has 4 aliphatic rings. The molecule has 0 spiro atoms. The Balaban J connectivity index is 1.48. The van der Waals surface area contributed by atoms with Crippen LogP contribution >= 0.6 is 0 Å². The molecule has 0 saturated heterocycles. The fraction of sp³-hybridized carbons (Fsp3) is 0.900. The molecule has 3 saturated carbocycles. The number of nitrogens with one attached hydrogen (secondary N) is 1. The molecule has 1 amide bonds. The molecule has 0 bridgehead atoms. The number of amides is 1. The van der Waals surface area contributed by atoms with Crippen molar-refractivity contribution in [2.24, 2.45) is 46.3 Å². The van der Waals surface area contributed by atoms with Gasteiger partial charge in [0.1, 0.15) is 12.1 Å². The first-order valence-electron chi connectivity index (χ1n) is 19.5. The molecular formula is C40H69NO5. The third-order valence-corrected chi connectivity index (χ3v) is 13.5. The van der Waals surface area contributed by atoms with Crippen LogP contribution in [0.2, 0.25) is 0 Å². The summed E-state index contributed by atoms with van der Waals surface area (Å²) in [7, 11) is 0. The van der Waals surface area contributed by atoms with Crippen LogP contribution in [-0.2, 0) is 9.53 Å². The van der Waals surface area contributed by atoms with E-state index in [1.807, 2.05) is 0 Å². The predicted octanol–water partition coefficient (Wildman–Crippen LogP) is 10.1. The van der Waals surface area contributed by atoms with Crippen LogP contribution in [0.5, 0.6) is 0 Å². The molecule has 0 aromatic heterocycles. The van der Waals surface area contributed by atoms with Crippen LogP contribution in [0.15, 0.2) is 11.6 Å². The van der Waals surface area contributed by atoms with Gasteiger partial charge in [0.25, 0.3) is 0 Å². The molecule has 264 valence electrons. The number of rotatable bonds is 17. The molecule has 0 aromatic rings. The molecule has 3 fully saturated rings. The normalized spacial score (nSPS) is 35.0. The van der Waals surface area contributed by atoms with Gasteiger partial charge >= 0.3 is 12.1 Å². The number of aliphatic hydroxyl groups excluding tert-OH is 1. The number of hydrogen-bond acceptors (Lipinski definition) is 4. The van der Waals surface area contributed by atoms with E-state index in [1.54, 1.807) is 0 Å². The number of aliphatic carboxylic acids is 1. The largest absolute Gasteiger partial charge is 0.480 e. The summed E-state index contributed by atoms with van der Waals surface area (Å²) in [6, 6.07) is -0.913. The first kappa shape index (κ1) is 37.3. The molecule has 10 atom stereocenters. The van der Waals surface area contributed by atoms with Gasteiger partial charge in [0.2, 0.25) is 0 Å². The Hall–Kier alpha value is -1.56. The van der Waals surface area contributed by atoms with Crippen LogP contribution in [0, 0.1) is 46.3 Å². The SMILES string of the molecule is CCCCCCCCCCC(NC(=O)OC1C[C@H]2[C@H](CC=C3C[C@@H](O)CC[C@@]32C)[C@@H]2CC[C@H]([C@H](C)CCCC(C)C)[C@@]12C)C(=O)O. The molecule has 4 aliphatic carbocycles. The van der Waals surface area contributed by atoms with Crippen LogP contribution in [0.25, 0.3) is 0 Å². The quantitative estimate of drug-likeness (QED) is 0.108. The van der Waals surface area contributed by atoms with Crippen molar-refractivity contribution >= 4 is 12.1 Å². The monoisotopic (exact) mass is 644 g/mol. The molecule has 6 heteroatoms. The number of carbonyl (C=O) groups is 2. The second-order valence-corrected chi connectivity index (χ2v) is 16.9. The zero-order valence-corrected chi connectivity index (χ0v) is 30.3. The maximum atomic E-state index is 13.6. The molecule has 2 unspecified atom stereocenters. The Bertz CT molecular complexity index is 1030. The number of ether oxygens (including phenoxy) is 1. The first-order chi connectivity index (χ1) is 21.9. The van der Waals surface area contributed by atoms with Gasteiger partial charge in [0.05, 0.1) is 6.10 Å². The number of aliphatic hydroxyl groups is 1. The first-order valence-corrected chi connectivity index (χ1v) is 19.5. The van der Waals surface area contributed by atoms with E-state index in [2.05, 4.69) is 52.9 Å². The lowest BCUT2D eigenvalue weighted by molar-refractivity contribution is -0.143. The highest BCUT2D eigenvalue weighted by Gasteiger charge is 2.64. The number of fused-ring (bicyclic) bond motifs is 5. The van der Waals surface area contributed by atoms with Crippen LogP contribution in [0.1, 0.15) is 164 Å². The fourth-order valence-electron chi connectivity index (χ4n) is 10.8. The number of carboxylic acids is 1. The highest BCUT2D eigenvalue weighted by Crippen LogP contribution is 2.68. The Morgan fingerprint density at radius 3 is 2.30 bits per heavy atom. The van der Waals surface area contributed by atoms with Crippen LogP contribution in [0.4, 0.5) is 4.79 Å². The number of allylic oxidation sites excluding steroid dienone is 1. The number of hydrogen-bond donors (Lipinski definition) is 3. The van der Waals surface area contributed by atoms with Gasteiger partial charge in [-0.1, -0.05) is 124 Å². The zero-order chi connectivity index (χ0) is 33.5. The van der Waals surface area contributed by atoms with Gasteiger partial charge in [-0.15, -0.1) is 0 Å². The summed E-state index contributed by atoms with van der Waals surface area (Å²) >= 11 is 0. The Labute approximate surface area is 281 Å². The van der Waals surface area contributed by atoms with Crippen molar-refractivity contribution in [3.63, 3.8) is 0 Å². The minimum Gasteiger partial charge on any atom is -0.480 e. The van der Waals surface area contributed by atoms with Crippen molar-refractivity contribution in [2.75, 3.05) is 0 Å². The van der Waals surface area contributed by atoms with E-state index in [-0.39, 0.29) is 23.0 Å². The van der Waals surface area contributed by atoms with Crippen molar-refractivity contribution < 1.29 is 24.5 Å². The second-order valence-electron chi connectivity index (χ2n) is 16.9. The van der Waals surface area contributed by atoms with E-state index >= 15 is 0 Å². The minimum absolute atomic E-state index is 0.0304. The second kappa shape index (κ2) is 16.7. The standard InChI is InChI=1S/C40H69NO5/c1-7-8-9-10-11-12-13-14-18-35(37(43)44)41-38(45)46-36-26-34-31(20-19-29-25-30(42)23-24-39(29,34)5)33-22-21-32(40(33,36)6)28(4)17-15-16-27(2)3/h19,27-28,30-36,42H,7-18,20-26H2,1-6H3,(H,41,45)(H,43,44)/t28-,30+,31-,32-,33+,34+,35?,36?,39+,40-/m1/s1. The Morgan fingerprint density at radius 2 is 1.63 bits per heavy atom. The number of carboxylic acid groups (broad SMARTS) is 1. The van der Waals surface area contributed by atoms with Crippen molar-refractivity contribution in [1.29, 1.82) is 0 Å². The van der Waals surface area contributed by atoms with Crippen molar-refractivity contribution in [2.45, 2.75) is 182 Å². The molecule has 6 nitrogen and oxygen atoms in total. The minimum atomic E-state index is -0.972. The summed E-state index contributed by atoms with van der Waals surface area (Å²) in [5.74, 6) is 2.25.